The molecule has 1 atom stereocenters. The van der Waals surface area contributed by atoms with Crippen LogP contribution in [-0.2, 0) is 17.6 Å². The van der Waals surface area contributed by atoms with E-state index < -0.39 is 11.5 Å². The van der Waals surface area contributed by atoms with Gasteiger partial charge in [0.2, 0.25) is 0 Å². The van der Waals surface area contributed by atoms with Gasteiger partial charge < -0.3 is 15.6 Å². The number of halogens is 1. The number of carboxylic acids is 1. The van der Waals surface area contributed by atoms with Gasteiger partial charge in [-0.05, 0) is 59.4 Å². The van der Waals surface area contributed by atoms with E-state index in [0.717, 1.165) is 28.0 Å². The standard InChI is InChI=1S/C23H21NO3.ClH/c24-23(22(25)26)13-12-18-8-11-21(14-19(18)15-23)27-20-9-6-17(7-10-20)16-4-2-1-3-5-16;/h1-11,14H,12-13,15,24H2,(H,25,26);1H. The molecule has 3 aromatic rings. The largest absolute Gasteiger partial charge is 0.480 e. The number of hydrogen-bond donors (Lipinski definition) is 2. The molecule has 1 aliphatic rings. The lowest BCUT2D eigenvalue weighted by Crippen LogP contribution is -2.52. The number of aliphatic carboxylic acids is 1. The second kappa shape index (κ2) is 8.05. The maximum Gasteiger partial charge on any atom is 0.324 e. The van der Waals surface area contributed by atoms with Gasteiger partial charge in [-0.15, -0.1) is 12.4 Å². The van der Waals surface area contributed by atoms with Crippen LogP contribution >= 0.6 is 12.4 Å². The summed E-state index contributed by atoms with van der Waals surface area (Å²) < 4.78 is 5.98. The zero-order valence-corrected chi connectivity index (χ0v) is 16.1. The second-order valence-corrected chi connectivity index (χ2v) is 7.06. The van der Waals surface area contributed by atoms with Crippen molar-refractivity contribution < 1.29 is 14.6 Å². The van der Waals surface area contributed by atoms with E-state index in [2.05, 4.69) is 12.1 Å². The summed E-state index contributed by atoms with van der Waals surface area (Å²) in [5.41, 5.74) is 9.24. The van der Waals surface area contributed by atoms with Gasteiger partial charge in [-0.3, -0.25) is 4.79 Å². The summed E-state index contributed by atoms with van der Waals surface area (Å²) in [5.74, 6) is 0.481. The molecule has 1 unspecified atom stereocenters. The molecule has 4 rings (SSSR count). The lowest BCUT2D eigenvalue weighted by atomic mass is 9.78. The summed E-state index contributed by atoms with van der Waals surface area (Å²) in [7, 11) is 0. The fourth-order valence-electron chi connectivity index (χ4n) is 3.52. The van der Waals surface area contributed by atoms with Crippen molar-refractivity contribution in [2.75, 3.05) is 0 Å². The maximum absolute atomic E-state index is 11.5. The number of carboxylic acid groups (broad SMARTS) is 1. The number of aryl methyl sites for hydroxylation is 1. The minimum Gasteiger partial charge on any atom is -0.480 e. The van der Waals surface area contributed by atoms with Crippen molar-refractivity contribution in [3.05, 3.63) is 83.9 Å². The Labute approximate surface area is 170 Å². The summed E-state index contributed by atoms with van der Waals surface area (Å²) >= 11 is 0. The van der Waals surface area contributed by atoms with Crippen molar-refractivity contribution >= 4 is 18.4 Å². The number of hydrogen-bond acceptors (Lipinski definition) is 3. The summed E-state index contributed by atoms with van der Waals surface area (Å²) in [5, 5.41) is 9.39. The smallest absolute Gasteiger partial charge is 0.324 e. The van der Waals surface area contributed by atoms with Crippen LogP contribution in [0.2, 0.25) is 0 Å². The average Bonchev–Trinajstić information content (AvgIpc) is 2.69. The first-order valence-corrected chi connectivity index (χ1v) is 9.01. The normalized spacial score (nSPS) is 17.9. The lowest BCUT2D eigenvalue weighted by molar-refractivity contribution is -0.143. The highest BCUT2D eigenvalue weighted by Crippen LogP contribution is 2.32. The topological polar surface area (TPSA) is 72.6 Å². The SMILES string of the molecule is Cl.NC1(C(=O)O)CCc2ccc(Oc3ccc(-c4ccccc4)cc3)cc2C1. The van der Waals surface area contributed by atoms with Crippen LogP contribution in [0.15, 0.2) is 72.8 Å². The maximum atomic E-state index is 11.5. The molecule has 0 fully saturated rings. The minimum atomic E-state index is -1.19. The Bertz CT molecular complexity index is 973. The van der Waals surface area contributed by atoms with E-state index in [4.69, 9.17) is 10.5 Å². The van der Waals surface area contributed by atoms with Gasteiger partial charge in [0.1, 0.15) is 17.0 Å². The molecule has 1 aliphatic carbocycles. The quantitative estimate of drug-likeness (QED) is 0.663. The van der Waals surface area contributed by atoms with Gasteiger partial charge >= 0.3 is 5.97 Å². The molecule has 0 radical (unpaired) electrons. The average molecular weight is 396 g/mol. The van der Waals surface area contributed by atoms with Crippen molar-refractivity contribution in [2.24, 2.45) is 5.73 Å². The summed E-state index contributed by atoms with van der Waals surface area (Å²) in [4.78, 5) is 11.5. The van der Waals surface area contributed by atoms with Crippen molar-refractivity contribution in [2.45, 2.75) is 24.8 Å². The Morgan fingerprint density at radius 3 is 2.21 bits per heavy atom. The highest BCUT2D eigenvalue weighted by atomic mass is 35.5. The van der Waals surface area contributed by atoms with Gasteiger partial charge in [0.05, 0.1) is 0 Å². The van der Waals surface area contributed by atoms with Crippen LogP contribution in [0.4, 0.5) is 0 Å². The Morgan fingerprint density at radius 2 is 1.54 bits per heavy atom. The van der Waals surface area contributed by atoms with Gasteiger partial charge in [-0.2, -0.15) is 0 Å². The Kier molecular flexibility index (Phi) is 5.73. The van der Waals surface area contributed by atoms with Crippen LogP contribution in [-0.4, -0.2) is 16.6 Å². The van der Waals surface area contributed by atoms with Crippen molar-refractivity contribution in [3.8, 4) is 22.6 Å². The fraction of sp³-hybridized carbons (Fsp3) is 0.174. The monoisotopic (exact) mass is 395 g/mol. The predicted molar refractivity (Wildman–Crippen MR) is 112 cm³/mol. The molecule has 3 N–H and O–H groups in total. The van der Waals surface area contributed by atoms with Gasteiger partial charge in [-0.25, -0.2) is 0 Å². The Balaban J connectivity index is 0.00000225. The molecule has 0 saturated carbocycles. The molecule has 28 heavy (non-hydrogen) atoms. The van der Waals surface area contributed by atoms with E-state index in [1.54, 1.807) is 0 Å². The van der Waals surface area contributed by atoms with Crippen molar-refractivity contribution in [1.82, 2.24) is 0 Å². The van der Waals surface area contributed by atoms with E-state index >= 15 is 0 Å². The lowest BCUT2D eigenvalue weighted by Gasteiger charge is -2.30. The van der Waals surface area contributed by atoms with Gasteiger partial charge in [0.15, 0.2) is 0 Å². The van der Waals surface area contributed by atoms with E-state index in [9.17, 15) is 9.90 Å². The Hall–Kier alpha value is -2.82. The molecule has 0 spiro atoms. The first-order chi connectivity index (χ1) is 13.0. The third kappa shape index (κ3) is 4.03. The molecule has 5 heteroatoms. The first-order valence-electron chi connectivity index (χ1n) is 9.01. The number of benzene rings is 3. The zero-order valence-electron chi connectivity index (χ0n) is 15.3. The molecule has 0 heterocycles. The molecular formula is C23H22ClNO3. The van der Waals surface area contributed by atoms with Crippen LogP contribution < -0.4 is 10.5 Å². The third-order valence-electron chi connectivity index (χ3n) is 5.15. The number of carbonyl (C=O) groups is 1. The van der Waals surface area contributed by atoms with E-state index in [-0.39, 0.29) is 12.4 Å². The number of ether oxygens (including phenoxy) is 1. The van der Waals surface area contributed by atoms with Crippen LogP contribution in [0.3, 0.4) is 0 Å². The molecular weight excluding hydrogens is 374 g/mol. The molecule has 0 bridgehead atoms. The Morgan fingerprint density at radius 1 is 0.893 bits per heavy atom. The summed E-state index contributed by atoms with van der Waals surface area (Å²) in [6.07, 6.45) is 1.45. The molecule has 0 saturated heterocycles. The first kappa shape index (κ1) is 19.9. The molecule has 3 aromatic carbocycles. The minimum absolute atomic E-state index is 0. The van der Waals surface area contributed by atoms with Gasteiger partial charge in [-0.1, -0.05) is 48.5 Å². The number of fused-ring (bicyclic) bond motifs is 1. The van der Waals surface area contributed by atoms with Gasteiger partial charge in [0, 0.05) is 6.42 Å². The zero-order chi connectivity index (χ0) is 18.9. The fourth-order valence-corrected chi connectivity index (χ4v) is 3.52. The highest BCUT2D eigenvalue weighted by molar-refractivity contribution is 5.85. The van der Waals surface area contributed by atoms with Crippen LogP contribution in [0.1, 0.15) is 17.5 Å². The van der Waals surface area contributed by atoms with Crippen LogP contribution in [0.5, 0.6) is 11.5 Å². The molecule has 144 valence electrons. The predicted octanol–water partition coefficient (Wildman–Crippen LogP) is 4.84. The number of nitrogens with two attached hydrogens (primary N) is 1. The molecule has 4 nitrogen and oxygen atoms in total. The molecule has 0 amide bonds. The summed E-state index contributed by atoms with van der Waals surface area (Å²) in [6.45, 7) is 0. The van der Waals surface area contributed by atoms with Gasteiger partial charge in [0.25, 0.3) is 0 Å². The molecule has 0 aliphatic heterocycles. The van der Waals surface area contributed by atoms with E-state index in [1.165, 1.54) is 0 Å². The van der Waals surface area contributed by atoms with E-state index in [0.29, 0.717) is 25.0 Å². The third-order valence-corrected chi connectivity index (χ3v) is 5.15. The second-order valence-electron chi connectivity index (χ2n) is 7.06. The highest BCUT2D eigenvalue weighted by Gasteiger charge is 2.37. The van der Waals surface area contributed by atoms with E-state index in [1.807, 2.05) is 60.7 Å². The number of rotatable bonds is 4. The van der Waals surface area contributed by atoms with Crippen molar-refractivity contribution in [3.63, 3.8) is 0 Å². The van der Waals surface area contributed by atoms with Crippen molar-refractivity contribution in [1.29, 1.82) is 0 Å². The van der Waals surface area contributed by atoms with Crippen LogP contribution in [0, 0.1) is 0 Å². The summed E-state index contributed by atoms with van der Waals surface area (Å²) in [6, 6.07) is 23.9. The van der Waals surface area contributed by atoms with Crippen LogP contribution in [0.25, 0.3) is 11.1 Å². The molecule has 0 aromatic heterocycles.